The number of aromatic nitrogens is 1. The number of rotatable bonds is 2. The highest BCUT2D eigenvalue weighted by molar-refractivity contribution is 6.20. The molecule has 0 bridgehead atoms. The standard InChI is InChI=1S/C11H15ClN2/c1-9-4-10(6-13-5-9)7-14-3-2-11(12)8-14/h4-6,11H,2-3,7-8H2,1H3. The molecule has 3 heteroatoms. The lowest BCUT2D eigenvalue weighted by molar-refractivity contribution is 0.331. The van der Waals surface area contributed by atoms with Crippen LogP contribution in [0.2, 0.25) is 0 Å². The summed E-state index contributed by atoms with van der Waals surface area (Å²) < 4.78 is 0. The molecule has 0 amide bonds. The first-order valence-corrected chi connectivity index (χ1v) is 5.44. The van der Waals surface area contributed by atoms with Crippen LogP contribution < -0.4 is 0 Å². The summed E-state index contributed by atoms with van der Waals surface area (Å²) in [6, 6.07) is 2.19. The van der Waals surface area contributed by atoms with Crippen LogP contribution in [-0.4, -0.2) is 28.4 Å². The van der Waals surface area contributed by atoms with E-state index in [2.05, 4.69) is 22.9 Å². The second-order valence-electron chi connectivity index (χ2n) is 3.99. The Bertz CT molecular complexity index is 314. The topological polar surface area (TPSA) is 16.1 Å². The van der Waals surface area contributed by atoms with Gasteiger partial charge in [-0.25, -0.2) is 0 Å². The fourth-order valence-electron chi connectivity index (χ4n) is 1.89. The molecule has 2 nitrogen and oxygen atoms in total. The van der Waals surface area contributed by atoms with Gasteiger partial charge in [0.15, 0.2) is 0 Å². The van der Waals surface area contributed by atoms with E-state index >= 15 is 0 Å². The molecule has 1 aromatic rings. The Morgan fingerprint density at radius 1 is 1.57 bits per heavy atom. The largest absolute Gasteiger partial charge is 0.298 e. The van der Waals surface area contributed by atoms with E-state index in [4.69, 9.17) is 11.6 Å². The predicted octanol–water partition coefficient (Wildman–Crippen LogP) is 2.20. The summed E-state index contributed by atoms with van der Waals surface area (Å²) in [4.78, 5) is 6.57. The van der Waals surface area contributed by atoms with Gasteiger partial charge in [0.1, 0.15) is 0 Å². The smallest absolute Gasteiger partial charge is 0.0475 e. The summed E-state index contributed by atoms with van der Waals surface area (Å²) in [7, 11) is 0. The van der Waals surface area contributed by atoms with Crippen LogP contribution in [0.25, 0.3) is 0 Å². The van der Waals surface area contributed by atoms with E-state index in [-0.39, 0.29) is 0 Å². The maximum Gasteiger partial charge on any atom is 0.0475 e. The molecule has 0 aliphatic carbocycles. The van der Waals surface area contributed by atoms with Gasteiger partial charge in [-0.1, -0.05) is 6.07 Å². The van der Waals surface area contributed by atoms with Crippen LogP contribution in [0.3, 0.4) is 0 Å². The van der Waals surface area contributed by atoms with Crippen molar-refractivity contribution in [3.63, 3.8) is 0 Å². The maximum absolute atomic E-state index is 6.05. The van der Waals surface area contributed by atoms with Gasteiger partial charge in [-0.05, 0) is 31.0 Å². The Kier molecular flexibility index (Phi) is 3.04. The van der Waals surface area contributed by atoms with E-state index in [9.17, 15) is 0 Å². The molecule has 14 heavy (non-hydrogen) atoms. The average molecular weight is 211 g/mol. The molecule has 0 spiro atoms. The van der Waals surface area contributed by atoms with Crippen molar-refractivity contribution in [2.45, 2.75) is 25.3 Å². The van der Waals surface area contributed by atoms with Gasteiger partial charge in [-0.15, -0.1) is 11.6 Å². The summed E-state index contributed by atoms with van der Waals surface area (Å²) >= 11 is 6.05. The molecule has 0 saturated carbocycles. The predicted molar refractivity (Wildman–Crippen MR) is 58.5 cm³/mol. The molecule has 1 aliphatic rings. The van der Waals surface area contributed by atoms with Gasteiger partial charge >= 0.3 is 0 Å². The number of pyridine rings is 1. The molecule has 76 valence electrons. The van der Waals surface area contributed by atoms with Crippen molar-refractivity contribution in [1.82, 2.24) is 9.88 Å². The Morgan fingerprint density at radius 2 is 2.43 bits per heavy atom. The summed E-state index contributed by atoms with van der Waals surface area (Å²) in [6.45, 7) is 5.18. The first kappa shape index (κ1) is 9.94. The van der Waals surface area contributed by atoms with Crippen molar-refractivity contribution >= 4 is 11.6 Å². The van der Waals surface area contributed by atoms with Gasteiger partial charge in [0, 0.05) is 30.9 Å². The molecule has 1 unspecified atom stereocenters. The highest BCUT2D eigenvalue weighted by Crippen LogP contribution is 2.17. The number of alkyl halides is 1. The molecule has 1 fully saturated rings. The second-order valence-corrected chi connectivity index (χ2v) is 4.61. The quantitative estimate of drug-likeness (QED) is 0.696. The van der Waals surface area contributed by atoms with Crippen molar-refractivity contribution < 1.29 is 0 Å². The van der Waals surface area contributed by atoms with Crippen molar-refractivity contribution in [2.24, 2.45) is 0 Å². The molecule has 0 aromatic carbocycles. The molecule has 1 saturated heterocycles. The number of nitrogens with zero attached hydrogens (tertiary/aromatic N) is 2. The molecule has 1 aromatic heterocycles. The third-order valence-corrected chi connectivity index (χ3v) is 2.91. The second kappa shape index (κ2) is 4.28. The lowest BCUT2D eigenvalue weighted by Gasteiger charge is -2.14. The van der Waals surface area contributed by atoms with Crippen LogP contribution in [0.5, 0.6) is 0 Å². The van der Waals surface area contributed by atoms with E-state index in [1.165, 1.54) is 11.1 Å². The molecule has 1 atom stereocenters. The third kappa shape index (κ3) is 2.46. The van der Waals surface area contributed by atoms with E-state index < -0.39 is 0 Å². The number of aryl methyl sites for hydroxylation is 1. The van der Waals surface area contributed by atoms with Gasteiger partial charge in [0.2, 0.25) is 0 Å². The molecule has 1 aliphatic heterocycles. The Hall–Kier alpha value is -0.600. The van der Waals surface area contributed by atoms with Crippen molar-refractivity contribution in [1.29, 1.82) is 0 Å². The number of likely N-dealkylation sites (tertiary alicyclic amines) is 1. The summed E-state index contributed by atoms with van der Waals surface area (Å²) in [5.41, 5.74) is 2.51. The molecular formula is C11H15ClN2. The molecule has 2 rings (SSSR count). The first-order valence-electron chi connectivity index (χ1n) is 5.01. The van der Waals surface area contributed by atoms with Gasteiger partial charge in [0.25, 0.3) is 0 Å². The van der Waals surface area contributed by atoms with Crippen LogP contribution in [-0.2, 0) is 6.54 Å². The highest BCUT2D eigenvalue weighted by Gasteiger charge is 2.19. The Labute approximate surface area is 89.9 Å². The monoisotopic (exact) mass is 210 g/mol. The molecule has 2 heterocycles. The molecule has 0 radical (unpaired) electrons. The van der Waals surface area contributed by atoms with Gasteiger partial charge < -0.3 is 0 Å². The summed E-state index contributed by atoms with van der Waals surface area (Å²) in [5, 5.41) is 0.341. The fraction of sp³-hybridized carbons (Fsp3) is 0.545. The highest BCUT2D eigenvalue weighted by atomic mass is 35.5. The van der Waals surface area contributed by atoms with Gasteiger partial charge in [-0.3, -0.25) is 9.88 Å². The average Bonchev–Trinajstić information content (AvgIpc) is 2.51. The minimum absolute atomic E-state index is 0.341. The zero-order chi connectivity index (χ0) is 9.97. The number of hydrogen-bond donors (Lipinski definition) is 0. The normalized spacial score (nSPS) is 22.9. The molecule has 0 N–H and O–H groups in total. The number of hydrogen-bond acceptors (Lipinski definition) is 2. The molecular weight excluding hydrogens is 196 g/mol. The fourth-order valence-corrected chi connectivity index (χ4v) is 2.18. The van der Waals surface area contributed by atoms with Crippen LogP contribution >= 0.6 is 11.6 Å². The van der Waals surface area contributed by atoms with Gasteiger partial charge in [0.05, 0.1) is 0 Å². The van der Waals surface area contributed by atoms with Crippen LogP contribution in [0, 0.1) is 6.92 Å². The minimum Gasteiger partial charge on any atom is -0.298 e. The first-order chi connectivity index (χ1) is 6.74. The van der Waals surface area contributed by atoms with Crippen LogP contribution in [0.1, 0.15) is 17.5 Å². The van der Waals surface area contributed by atoms with Crippen molar-refractivity contribution in [2.75, 3.05) is 13.1 Å². The van der Waals surface area contributed by atoms with Gasteiger partial charge in [-0.2, -0.15) is 0 Å². The summed E-state index contributed by atoms with van der Waals surface area (Å²) in [5.74, 6) is 0. The lowest BCUT2D eigenvalue weighted by Crippen LogP contribution is -2.20. The van der Waals surface area contributed by atoms with Crippen molar-refractivity contribution in [3.05, 3.63) is 29.6 Å². The maximum atomic E-state index is 6.05. The third-order valence-electron chi connectivity index (χ3n) is 2.55. The van der Waals surface area contributed by atoms with Crippen molar-refractivity contribution in [3.8, 4) is 0 Å². The number of halogens is 1. The Balaban J connectivity index is 1.97. The van der Waals surface area contributed by atoms with Crippen LogP contribution in [0.4, 0.5) is 0 Å². The van der Waals surface area contributed by atoms with E-state index in [0.29, 0.717) is 5.38 Å². The van der Waals surface area contributed by atoms with E-state index in [1.807, 2.05) is 12.4 Å². The zero-order valence-electron chi connectivity index (χ0n) is 8.41. The zero-order valence-corrected chi connectivity index (χ0v) is 9.17. The van der Waals surface area contributed by atoms with E-state index in [1.54, 1.807) is 0 Å². The Morgan fingerprint density at radius 3 is 3.07 bits per heavy atom. The SMILES string of the molecule is Cc1cncc(CN2CCC(Cl)C2)c1. The van der Waals surface area contributed by atoms with Crippen LogP contribution in [0.15, 0.2) is 18.5 Å². The lowest BCUT2D eigenvalue weighted by atomic mass is 10.2. The minimum atomic E-state index is 0.341. The van der Waals surface area contributed by atoms with E-state index in [0.717, 1.165) is 26.1 Å². The summed E-state index contributed by atoms with van der Waals surface area (Å²) in [6.07, 6.45) is 4.94.